The first-order valence-electron chi connectivity index (χ1n) is 6.05. The molecule has 1 rings (SSSR count). The Morgan fingerprint density at radius 2 is 2.06 bits per heavy atom. The molecule has 0 aromatic heterocycles. The minimum absolute atomic E-state index is 0.162. The third kappa shape index (κ3) is 3.38. The van der Waals surface area contributed by atoms with E-state index in [1.165, 1.54) is 8.61 Å². The van der Waals surface area contributed by atoms with Gasteiger partial charge in [-0.2, -0.15) is 17.0 Å². The molecule has 17 heavy (non-hydrogen) atoms. The second-order valence-electron chi connectivity index (χ2n) is 4.22. The topological polar surface area (TPSA) is 75.9 Å². The first kappa shape index (κ1) is 14.8. The van der Waals surface area contributed by atoms with E-state index in [9.17, 15) is 8.42 Å². The van der Waals surface area contributed by atoms with Crippen molar-refractivity contribution in [2.45, 2.75) is 32.9 Å². The molecule has 0 aromatic carbocycles. The number of ether oxygens (including phenoxy) is 1. The molecule has 0 radical (unpaired) electrons. The molecule has 1 heterocycles. The molecule has 0 bridgehead atoms. The summed E-state index contributed by atoms with van der Waals surface area (Å²) in [5, 5.41) is 0. The summed E-state index contributed by atoms with van der Waals surface area (Å²) < 4.78 is 32.9. The van der Waals surface area contributed by atoms with Crippen LogP contribution in [0.1, 0.15) is 20.8 Å². The van der Waals surface area contributed by atoms with Gasteiger partial charge in [-0.1, -0.05) is 13.8 Å². The number of hydrogen-bond donors (Lipinski definition) is 1. The third-order valence-electron chi connectivity index (χ3n) is 3.00. The average molecular weight is 265 g/mol. The van der Waals surface area contributed by atoms with Crippen LogP contribution in [-0.4, -0.2) is 62.0 Å². The van der Waals surface area contributed by atoms with Crippen molar-refractivity contribution in [3.05, 3.63) is 0 Å². The Morgan fingerprint density at radius 3 is 2.53 bits per heavy atom. The lowest BCUT2D eigenvalue weighted by atomic mass is 10.2. The fourth-order valence-corrected chi connectivity index (χ4v) is 3.51. The first-order valence-corrected chi connectivity index (χ1v) is 7.45. The van der Waals surface area contributed by atoms with E-state index in [0.29, 0.717) is 32.8 Å². The smallest absolute Gasteiger partial charge is 0.282 e. The average Bonchev–Trinajstić information content (AvgIpc) is 2.30. The van der Waals surface area contributed by atoms with Gasteiger partial charge in [-0.3, -0.25) is 0 Å². The van der Waals surface area contributed by atoms with E-state index in [2.05, 4.69) is 0 Å². The zero-order valence-electron chi connectivity index (χ0n) is 10.8. The highest BCUT2D eigenvalue weighted by atomic mass is 32.2. The van der Waals surface area contributed by atoms with Crippen molar-refractivity contribution in [3.63, 3.8) is 0 Å². The molecule has 0 spiro atoms. The van der Waals surface area contributed by atoms with Crippen LogP contribution in [0.3, 0.4) is 0 Å². The third-order valence-corrected chi connectivity index (χ3v) is 5.15. The van der Waals surface area contributed by atoms with E-state index in [1.54, 1.807) is 0 Å². The number of hydrogen-bond acceptors (Lipinski definition) is 4. The summed E-state index contributed by atoms with van der Waals surface area (Å²) in [5.41, 5.74) is 5.75. The molecule has 7 heteroatoms. The van der Waals surface area contributed by atoms with Crippen molar-refractivity contribution in [1.29, 1.82) is 0 Å². The quantitative estimate of drug-likeness (QED) is 0.735. The SMILES string of the molecule is CCN(CC)S(=O)(=O)N1CCOC(C(C)N)C1. The van der Waals surface area contributed by atoms with Crippen molar-refractivity contribution in [2.24, 2.45) is 5.73 Å². The van der Waals surface area contributed by atoms with Crippen molar-refractivity contribution in [3.8, 4) is 0 Å². The summed E-state index contributed by atoms with van der Waals surface area (Å²) in [4.78, 5) is 0. The Balaban J connectivity index is 2.78. The van der Waals surface area contributed by atoms with Crippen LogP contribution >= 0.6 is 0 Å². The van der Waals surface area contributed by atoms with Crippen LogP contribution in [0.2, 0.25) is 0 Å². The molecule has 2 atom stereocenters. The largest absolute Gasteiger partial charge is 0.374 e. The fraction of sp³-hybridized carbons (Fsp3) is 1.00. The second-order valence-corrected chi connectivity index (χ2v) is 6.15. The fourth-order valence-electron chi connectivity index (χ4n) is 1.89. The van der Waals surface area contributed by atoms with Crippen LogP contribution in [0.5, 0.6) is 0 Å². The van der Waals surface area contributed by atoms with Gasteiger partial charge in [0.2, 0.25) is 0 Å². The Morgan fingerprint density at radius 1 is 1.47 bits per heavy atom. The minimum Gasteiger partial charge on any atom is -0.374 e. The van der Waals surface area contributed by atoms with Gasteiger partial charge >= 0.3 is 0 Å². The minimum atomic E-state index is -3.36. The number of rotatable bonds is 5. The van der Waals surface area contributed by atoms with Gasteiger partial charge in [-0.25, -0.2) is 0 Å². The number of morpholine rings is 1. The Bertz CT molecular complexity index is 328. The van der Waals surface area contributed by atoms with Gasteiger partial charge < -0.3 is 10.5 Å². The summed E-state index contributed by atoms with van der Waals surface area (Å²) in [6.07, 6.45) is -0.214. The summed E-state index contributed by atoms with van der Waals surface area (Å²) in [7, 11) is -3.36. The Labute approximate surface area is 104 Å². The van der Waals surface area contributed by atoms with Crippen LogP contribution in [-0.2, 0) is 14.9 Å². The zero-order chi connectivity index (χ0) is 13.1. The predicted octanol–water partition coefficient (Wildman–Crippen LogP) is -0.379. The molecule has 102 valence electrons. The molecule has 2 N–H and O–H groups in total. The van der Waals surface area contributed by atoms with E-state index in [1.807, 2.05) is 20.8 Å². The van der Waals surface area contributed by atoms with Crippen LogP contribution in [0.4, 0.5) is 0 Å². The van der Waals surface area contributed by atoms with E-state index < -0.39 is 10.2 Å². The van der Waals surface area contributed by atoms with E-state index in [0.717, 1.165) is 0 Å². The van der Waals surface area contributed by atoms with Crippen molar-refractivity contribution in [2.75, 3.05) is 32.8 Å². The molecular weight excluding hydrogens is 242 g/mol. The molecule has 1 aliphatic rings. The number of nitrogens with two attached hydrogens (primary N) is 1. The van der Waals surface area contributed by atoms with E-state index in [4.69, 9.17) is 10.5 Å². The monoisotopic (exact) mass is 265 g/mol. The van der Waals surface area contributed by atoms with E-state index >= 15 is 0 Å². The molecule has 0 aromatic rings. The van der Waals surface area contributed by atoms with Gasteiger partial charge in [0.05, 0.1) is 12.7 Å². The summed E-state index contributed by atoms with van der Waals surface area (Å²) in [5.74, 6) is 0. The van der Waals surface area contributed by atoms with Crippen LogP contribution in [0.15, 0.2) is 0 Å². The molecule has 1 saturated heterocycles. The molecule has 1 aliphatic heterocycles. The van der Waals surface area contributed by atoms with Crippen LogP contribution < -0.4 is 5.73 Å². The lowest BCUT2D eigenvalue weighted by Gasteiger charge is -2.36. The van der Waals surface area contributed by atoms with Gasteiger partial charge in [-0.15, -0.1) is 0 Å². The Hall–Kier alpha value is -0.210. The maximum Gasteiger partial charge on any atom is 0.282 e. The zero-order valence-corrected chi connectivity index (χ0v) is 11.6. The van der Waals surface area contributed by atoms with Crippen molar-refractivity contribution in [1.82, 2.24) is 8.61 Å². The summed E-state index contributed by atoms with van der Waals surface area (Å²) in [6.45, 7) is 7.64. The Kier molecular flexibility index (Phi) is 5.33. The van der Waals surface area contributed by atoms with Gasteiger partial charge in [-0.05, 0) is 6.92 Å². The maximum absolute atomic E-state index is 12.3. The van der Waals surface area contributed by atoms with Crippen molar-refractivity contribution >= 4 is 10.2 Å². The van der Waals surface area contributed by atoms with Gasteiger partial charge in [0.1, 0.15) is 0 Å². The predicted molar refractivity (Wildman–Crippen MR) is 66.8 cm³/mol. The summed E-state index contributed by atoms with van der Waals surface area (Å²) in [6, 6.07) is -0.162. The molecule has 0 amide bonds. The molecule has 2 unspecified atom stereocenters. The molecular formula is C10H23N3O3S. The number of nitrogens with zero attached hydrogens (tertiary/aromatic N) is 2. The highest BCUT2D eigenvalue weighted by Crippen LogP contribution is 2.15. The molecule has 1 fully saturated rings. The summed E-state index contributed by atoms with van der Waals surface area (Å²) >= 11 is 0. The van der Waals surface area contributed by atoms with Crippen LogP contribution in [0, 0.1) is 0 Å². The molecule has 6 nitrogen and oxygen atoms in total. The highest BCUT2D eigenvalue weighted by molar-refractivity contribution is 7.86. The standard InChI is InChI=1S/C10H23N3O3S/c1-4-12(5-2)17(14,15)13-6-7-16-10(8-13)9(3)11/h9-10H,4-8,11H2,1-3H3. The van der Waals surface area contributed by atoms with Crippen molar-refractivity contribution < 1.29 is 13.2 Å². The second kappa shape index (κ2) is 6.10. The first-order chi connectivity index (χ1) is 7.93. The van der Waals surface area contributed by atoms with Crippen LogP contribution in [0.25, 0.3) is 0 Å². The normalized spacial score (nSPS) is 25.1. The lowest BCUT2D eigenvalue weighted by molar-refractivity contribution is -0.0135. The van der Waals surface area contributed by atoms with Gasteiger partial charge in [0.15, 0.2) is 0 Å². The van der Waals surface area contributed by atoms with Gasteiger partial charge in [0, 0.05) is 32.2 Å². The highest BCUT2D eigenvalue weighted by Gasteiger charge is 2.33. The lowest BCUT2D eigenvalue weighted by Crippen LogP contribution is -2.54. The maximum atomic E-state index is 12.3. The van der Waals surface area contributed by atoms with E-state index in [-0.39, 0.29) is 12.1 Å². The molecule has 0 saturated carbocycles. The van der Waals surface area contributed by atoms with Gasteiger partial charge in [0.25, 0.3) is 10.2 Å². The molecule has 0 aliphatic carbocycles.